The monoisotopic (exact) mass is 255 g/mol. The zero-order chi connectivity index (χ0) is 13.2. The molecule has 2 N–H and O–H groups in total. The molecule has 0 aliphatic heterocycles. The third kappa shape index (κ3) is 2.20. The number of phenolic OH excluding ortho intramolecular Hbond substituents is 1. The SMILES string of the molecule is Cn1cnnc1CNc1nccc2ccc(O)cc12. The maximum atomic E-state index is 9.57. The van der Waals surface area contributed by atoms with Gasteiger partial charge in [0.25, 0.3) is 0 Å². The molecular formula is C13H13N5O. The Balaban J connectivity index is 1.92. The number of fused-ring (bicyclic) bond motifs is 1. The molecule has 3 rings (SSSR count). The van der Waals surface area contributed by atoms with Gasteiger partial charge in [-0.25, -0.2) is 4.98 Å². The first-order chi connectivity index (χ1) is 9.24. The highest BCUT2D eigenvalue weighted by atomic mass is 16.3. The maximum absolute atomic E-state index is 9.57. The van der Waals surface area contributed by atoms with E-state index >= 15 is 0 Å². The molecule has 3 aromatic rings. The van der Waals surface area contributed by atoms with Gasteiger partial charge in [-0.3, -0.25) is 0 Å². The summed E-state index contributed by atoms with van der Waals surface area (Å²) in [6, 6.07) is 7.12. The summed E-state index contributed by atoms with van der Waals surface area (Å²) in [5.74, 6) is 1.76. The molecule has 1 aromatic carbocycles. The Kier molecular flexibility index (Phi) is 2.75. The van der Waals surface area contributed by atoms with Crippen LogP contribution >= 0.6 is 0 Å². The van der Waals surface area contributed by atoms with Crippen LogP contribution in [0.25, 0.3) is 10.8 Å². The predicted molar refractivity (Wildman–Crippen MR) is 71.7 cm³/mol. The first kappa shape index (κ1) is 11.5. The lowest BCUT2D eigenvalue weighted by molar-refractivity contribution is 0.476. The van der Waals surface area contributed by atoms with E-state index < -0.39 is 0 Å². The Hall–Kier alpha value is -2.63. The van der Waals surface area contributed by atoms with Gasteiger partial charge in [-0.15, -0.1) is 10.2 Å². The Morgan fingerprint density at radius 2 is 2.21 bits per heavy atom. The van der Waals surface area contributed by atoms with E-state index in [-0.39, 0.29) is 5.75 Å². The fraction of sp³-hybridized carbons (Fsp3) is 0.154. The Bertz CT molecular complexity index is 722. The third-order valence-electron chi connectivity index (χ3n) is 2.97. The summed E-state index contributed by atoms with van der Waals surface area (Å²) in [6.07, 6.45) is 3.39. The molecule has 0 unspecified atom stereocenters. The van der Waals surface area contributed by atoms with Crippen LogP contribution in [0.4, 0.5) is 5.82 Å². The quantitative estimate of drug-likeness (QED) is 0.744. The van der Waals surface area contributed by atoms with Crippen molar-refractivity contribution in [2.24, 2.45) is 7.05 Å². The molecule has 0 bridgehead atoms. The van der Waals surface area contributed by atoms with Gasteiger partial charge in [0.05, 0.1) is 6.54 Å². The van der Waals surface area contributed by atoms with Crippen molar-refractivity contribution in [3.63, 3.8) is 0 Å². The summed E-state index contributed by atoms with van der Waals surface area (Å²) in [6.45, 7) is 0.526. The highest BCUT2D eigenvalue weighted by Gasteiger charge is 2.05. The highest BCUT2D eigenvalue weighted by molar-refractivity contribution is 5.92. The number of rotatable bonds is 3. The van der Waals surface area contributed by atoms with Crippen LogP contribution in [0.5, 0.6) is 5.75 Å². The molecule has 0 aliphatic rings. The molecule has 0 fully saturated rings. The molecule has 0 atom stereocenters. The van der Waals surface area contributed by atoms with Gasteiger partial charge in [0, 0.05) is 18.6 Å². The number of benzene rings is 1. The van der Waals surface area contributed by atoms with E-state index in [1.54, 1.807) is 24.7 Å². The standard InChI is InChI=1S/C13H13N5O/c1-18-8-16-17-12(18)7-15-13-11-6-10(19)3-2-9(11)4-5-14-13/h2-6,8,19H,7H2,1H3,(H,14,15). The van der Waals surface area contributed by atoms with E-state index in [1.165, 1.54) is 0 Å². The first-order valence-corrected chi connectivity index (χ1v) is 5.88. The minimum atomic E-state index is 0.224. The van der Waals surface area contributed by atoms with Crippen LogP contribution in [0.1, 0.15) is 5.82 Å². The molecule has 0 spiro atoms. The Labute approximate surface area is 109 Å². The minimum Gasteiger partial charge on any atom is -0.508 e. The molecule has 6 nitrogen and oxygen atoms in total. The maximum Gasteiger partial charge on any atom is 0.151 e. The molecule has 6 heteroatoms. The molecule has 19 heavy (non-hydrogen) atoms. The molecule has 0 amide bonds. The molecular weight excluding hydrogens is 242 g/mol. The Morgan fingerprint density at radius 1 is 1.32 bits per heavy atom. The fourth-order valence-corrected chi connectivity index (χ4v) is 1.93. The zero-order valence-corrected chi connectivity index (χ0v) is 10.4. The minimum absolute atomic E-state index is 0.224. The number of anilines is 1. The molecule has 0 radical (unpaired) electrons. The van der Waals surface area contributed by atoms with Gasteiger partial charge in [0.1, 0.15) is 17.9 Å². The van der Waals surface area contributed by atoms with Crippen molar-refractivity contribution >= 4 is 16.6 Å². The molecule has 2 aromatic heterocycles. The second-order valence-corrected chi connectivity index (χ2v) is 4.28. The lowest BCUT2D eigenvalue weighted by atomic mass is 10.1. The van der Waals surface area contributed by atoms with E-state index in [4.69, 9.17) is 0 Å². The summed E-state index contributed by atoms with van der Waals surface area (Å²) < 4.78 is 1.84. The van der Waals surface area contributed by atoms with Gasteiger partial charge in [0.2, 0.25) is 0 Å². The fourth-order valence-electron chi connectivity index (χ4n) is 1.93. The van der Waals surface area contributed by atoms with Gasteiger partial charge in [-0.2, -0.15) is 0 Å². The molecule has 2 heterocycles. The van der Waals surface area contributed by atoms with E-state index in [0.29, 0.717) is 6.54 Å². The van der Waals surface area contributed by atoms with E-state index in [0.717, 1.165) is 22.4 Å². The van der Waals surface area contributed by atoms with Crippen LogP contribution in [0.3, 0.4) is 0 Å². The van der Waals surface area contributed by atoms with Crippen molar-refractivity contribution in [1.29, 1.82) is 0 Å². The van der Waals surface area contributed by atoms with Gasteiger partial charge >= 0.3 is 0 Å². The lowest BCUT2D eigenvalue weighted by Gasteiger charge is -2.08. The number of hydrogen-bond donors (Lipinski definition) is 2. The predicted octanol–water partition coefficient (Wildman–Crippen LogP) is 1.68. The largest absolute Gasteiger partial charge is 0.508 e. The second-order valence-electron chi connectivity index (χ2n) is 4.28. The zero-order valence-electron chi connectivity index (χ0n) is 10.4. The van der Waals surface area contributed by atoms with Gasteiger partial charge in [0.15, 0.2) is 5.82 Å². The highest BCUT2D eigenvalue weighted by Crippen LogP contribution is 2.25. The summed E-state index contributed by atoms with van der Waals surface area (Å²) >= 11 is 0. The van der Waals surface area contributed by atoms with Crippen molar-refractivity contribution in [2.75, 3.05) is 5.32 Å². The van der Waals surface area contributed by atoms with E-state index in [1.807, 2.05) is 23.7 Å². The van der Waals surface area contributed by atoms with Gasteiger partial charge in [-0.1, -0.05) is 6.07 Å². The summed E-state index contributed by atoms with van der Waals surface area (Å²) in [4.78, 5) is 4.30. The average Bonchev–Trinajstić information content (AvgIpc) is 2.82. The van der Waals surface area contributed by atoms with Crippen LogP contribution in [0, 0.1) is 0 Å². The summed E-state index contributed by atoms with van der Waals surface area (Å²) in [7, 11) is 1.89. The Morgan fingerprint density at radius 3 is 3.00 bits per heavy atom. The third-order valence-corrected chi connectivity index (χ3v) is 2.97. The molecule has 0 saturated carbocycles. The van der Waals surface area contributed by atoms with Crippen molar-refractivity contribution < 1.29 is 5.11 Å². The molecule has 0 aliphatic carbocycles. The van der Waals surface area contributed by atoms with Crippen LogP contribution in [-0.2, 0) is 13.6 Å². The molecule has 0 saturated heterocycles. The number of phenols is 1. The first-order valence-electron chi connectivity index (χ1n) is 5.88. The van der Waals surface area contributed by atoms with Crippen LogP contribution in [0.2, 0.25) is 0 Å². The van der Waals surface area contributed by atoms with Gasteiger partial charge in [-0.05, 0) is 23.6 Å². The lowest BCUT2D eigenvalue weighted by Crippen LogP contribution is -2.07. The van der Waals surface area contributed by atoms with E-state index in [2.05, 4.69) is 20.5 Å². The summed E-state index contributed by atoms with van der Waals surface area (Å²) in [5, 5.41) is 22.5. The summed E-state index contributed by atoms with van der Waals surface area (Å²) in [5.41, 5.74) is 0. The van der Waals surface area contributed by atoms with Crippen LogP contribution in [-0.4, -0.2) is 24.9 Å². The number of aromatic hydroxyl groups is 1. The number of hydrogen-bond acceptors (Lipinski definition) is 5. The molecule has 96 valence electrons. The number of aryl methyl sites for hydroxylation is 1. The van der Waals surface area contributed by atoms with Crippen molar-refractivity contribution in [1.82, 2.24) is 19.7 Å². The normalized spacial score (nSPS) is 10.8. The van der Waals surface area contributed by atoms with Crippen LogP contribution in [0.15, 0.2) is 36.8 Å². The van der Waals surface area contributed by atoms with E-state index in [9.17, 15) is 5.11 Å². The average molecular weight is 255 g/mol. The number of nitrogens with one attached hydrogen (secondary N) is 1. The smallest absolute Gasteiger partial charge is 0.151 e. The number of pyridine rings is 1. The topological polar surface area (TPSA) is 75.9 Å². The number of nitrogens with zero attached hydrogens (tertiary/aromatic N) is 4. The van der Waals surface area contributed by atoms with Crippen LogP contribution < -0.4 is 5.32 Å². The van der Waals surface area contributed by atoms with Crippen molar-refractivity contribution in [3.05, 3.63) is 42.6 Å². The number of aromatic nitrogens is 4. The van der Waals surface area contributed by atoms with Crippen molar-refractivity contribution in [2.45, 2.75) is 6.54 Å². The van der Waals surface area contributed by atoms with Crippen molar-refractivity contribution in [3.8, 4) is 5.75 Å². The second kappa shape index (κ2) is 4.56. The van der Waals surface area contributed by atoms with Gasteiger partial charge < -0.3 is 15.0 Å².